The molecule has 2 aliphatic rings. The van der Waals surface area contributed by atoms with Crippen molar-refractivity contribution in [3.63, 3.8) is 0 Å². The lowest BCUT2D eigenvalue weighted by Gasteiger charge is -2.36. The third kappa shape index (κ3) is 2.70. The Morgan fingerprint density at radius 2 is 1.96 bits per heavy atom. The molecule has 1 aromatic carbocycles. The molecular formula is C24H29N3O. The lowest BCUT2D eigenvalue weighted by atomic mass is 9.87. The number of aryl methyl sites for hydroxylation is 1. The van der Waals surface area contributed by atoms with E-state index in [1.165, 1.54) is 41.4 Å². The number of hydrogen-bond acceptors (Lipinski definition) is 3. The van der Waals surface area contributed by atoms with Gasteiger partial charge in [-0.3, -0.25) is 9.88 Å². The van der Waals surface area contributed by atoms with Gasteiger partial charge in [-0.05, 0) is 69.1 Å². The van der Waals surface area contributed by atoms with E-state index in [0.29, 0.717) is 18.5 Å². The van der Waals surface area contributed by atoms with Crippen molar-refractivity contribution in [3.8, 4) is 0 Å². The normalized spacial score (nSPS) is 24.1. The van der Waals surface area contributed by atoms with E-state index in [4.69, 9.17) is 0 Å². The predicted molar refractivity (Wildman–Crippen MR) is 112 cm³/mol. The van der Waals surface area contributed by atoms with E-state index in [1.54, 1.807) is 18.0 Å². The zero-order valence-electron chi connectivity index (χ0n) is 17.0. The van der Waals surface area contributed by atoms with Gasteiger partial charge in [0.2, 0.25) is 0 Å². The highest BCUT2D eigenvalue weighted by Crippen LogP contribution is 2.47. The van der Waals surface area contributed by atoms with Crippen LogP contribution in [0.2, 0.25) is 0 Å². The summed E-state index contributed by atoms with van der Waals surface area (Å²) in [6, 6.07) is 11.3. The molecule has 0 radical (unpaired) electrons. The van der Waals surface area contributed by atoms with Crippen LogP contribution in [-0.4, -0.2) is 32.6 Å². The Bertz CT molecular complexity index is 1020. The van der Waals surface area contributed by atoms with Crippen molar-refractivity contribution in [2.45, 2.75) is 63.8 Å². The van der Waals surface area contributed by atoms with Gasteiger partial charge in [0, 0.05) is 47.5 Å². The first-order chi connectivity index (χ1) is 13.5. The lowest BCUT2D eigenvalue weighted by molar-refractivity contribution is 0.0375. The zero-order chi connectivity index (χ0) is 19.5. The van der Waals surface area contributed by atoms with Gasteiger partial charge in [-0.1, -0.05) is 18.1 Å². The molecule has 0 saturated heterocycles. The predicted octanol–water partition coefficient (Wildman–Crippen LogP) is 4.33. The molecule has 0 amide bonds. The van der Waals surface area contributed by atoms with E-state index in [-0.39, 0.29) is 0 Å². The summed E-state index contributed by atoms with van der Waals surface area (Å²) in [6.07, 6.45) is 7.40. The molecule has 5 rings (SSSR count). The van der Waals surface area contributed by atoms with Crippen molar-refractivity contribution in [1.29, 1.82) is 0 Å². The number of hydrogen-bond donors (Lipinski definition) is 1. The largest absolute Gasteiger partial charge is 0.384 e. The molecule has 28 heavy (non-hydrogen) atoms. The van der Waals surface area contributed by atoms with Crippen molar-refractivity contribution in [3.05, 3.63) is 65.1 Å². The van der Waals surface area contributed by atoms with Gasteiger partial charge in [0.1, 0.15) is 5.60 Å². The van der Waals surface area contributed by atoms with Crippen molar-refractivity contribution >= 4 is 10.9 Å². The minimum Gasteiger partial charge on any atom is -0.384 e. The molecule has 1 aliphatic carbocycles. The molecule has 0 spiro atoms. The molecule has 1 aliphatic heterocycles. The molecule has 2 aromatic heterocycles. The van der Waals surface area contributed by atoms with Crippen LogP contribution in [0.15, 0.2) is 42.7 Å². The van der Waals surface area contributed by atoms with Crippen LogP contribution >= 0.6 is 0 Å². The van der Waals surface area contributed by atoms with Crippen LogP contribution in [0, 0.1) is 6.92 Å². The maximum Gasteiger partial charge on any atom is 0.105 e. The maximum atomic E-state index is 11.4. The van der Waals surface area contributed by atoms with Crippen LogP contribution in [-0.2, 0) is 18.7 Å². The summed E-state index contributed by atoms with van der Waals surface area (Å²) in [6.45, 7) is 5.60. The van der Waals surface area contributed by atoms with E-state index >= 15 is 0 Å². The molecule has 1 N–H and O–H groups in total. The minimum absolute atomic E-state index is 0.553. The Balaban J connectivity index is 1.69. The Labute approximate surface area is 166 Å². The van der Waals surface area contributed by atoms with E-state index in [1.807, 2.05) is 19.1 Å². The Kier molecular flexibility index (Phi) is 4.11. The van der Waals surface area contributed by atoms with Crippen molar-refractivity contribution in [2.24, 2.45) is 0 Å². The molecule has 3 atom stereocenters. The molecule has 3 unspecified atom stereocenters. The first-order valence-electron chi connectivity index (χ1n) is 10.4. The zero-order valence-corrected chi connectivity index (χ0v) is 17.0. The third-order valence-electron chi connectivity index (χ3n) is 6.95. The minimum atomic E-state index is -0.946. The fourth-order valence-corrected chi connectivity index (χ4v) is 5.58. The van der Waals surface area contributed by atoms with Crippen LogP contribution in [0.1, 0.15) is 54.5 Å². The summed E-state index contributed by atoms with van der Waals surface area (Å²) in [7, 11) is 2.26. The SMILES string of the molecule is Cc1ccc2c(c1)c1c(n2CC(C)(O)c2ccncc2)CN(C)C2CCCC12. The second kappa shape index (κ2) is 6.43. The smallest absolute Gasteiger partial charge is 0.105 e. The van der Waals surface area contributed by atoms with Gasteiger partial charge in [-0.25, -0.2) is 0 Å². The van der Waals surface area contributed by atoms with Crippen LogP contribution in [0.25, 0.3) is 10.9 Å². The fourth-order valence-electron chi connectivity index (χ4n) is 5.58. The number of nitrogens with zero attached hydrogens (tertiary/aromatic N) is 3. The molecule has 1 saturated carbocycles. The number of likely N-dealkylation sites (N-methyl/N-ethyl adjacent to an activating group) is 1. The molecule has 146 valence electrons. The Morgan fingerprint density at radius 1 is 1.18 bits per heavy atom. The van der Waals surface area contributed by atoms with Gasteiger partial charge in [0.15, 0.2) is 0 Å². The van der Waals surface area contributed by atoms with Gasteiger partial charge in [-0.2, -0.15) is 0 Å². The highest BCUT2D eigenvalue weighted by Gasteiger charge is 2.40. The average molecular weight is 376 g/mol. The average Bonchev–Trinajstić information content (AvgIpc) is 3.26. The third-order valence-corrected chi connectivity index (χ3v) is 6.95. The first kappa shape index (κ1) is 17.9. The van der Waals surface area contributed by atoms with Gasteiger partial charge >= 0.3 is 0 Å². The highest BCUT2D eigenvalue weighted by molar-refractivity contribution is 5.87. The molecule has 4 heteroatoms. The standard InChI is InChI=1S/C24H29N3O/c1-16-7-8-21-19(13-16)23-18-5-4-6-20(18)26(3)14-22(23)27(21)15-24(2,28)17-9-11-25-12-10-17/h7-13,18,20,28H,4-6,14-15H2,1-3H3. The molecule has 3 heterocycles. The second-order valence-corrected chi connectivity index (χ2v) is 9.00. The summed E-state index contributed by atoms with van der Waals surface area (Å²) < 4.78 is 2.38. The van der Waals surface area contributed by atoms with Crippen LogP contribution in [0.5, 0.6) is 0 Å². The quantitative estimate of drug-likeness (QED) is 0.741. The van der Waals surface area contributed by atoms with Crippen molar-refractivity contribution < 1.29 is 5.11 Å². The first-order valence-corrected chi connectivity index (χ1v) is 10.4. The number of benzene rings is 1. The van der Waals surface area contributed by atoms with E-state index in [9.17, 15) is 5.11 Å². The summed E-state index contributed by atoms with van der Waals surface area (Å²) >= 11 is 0. The molecule has 0 bridgehead atoms. The van der Waals surface area contributed by atoms with Gasteiger partial charge < -0.3 is 9.67 Å². The summed E-state index contributed by atoms with van der Waals surface area (Å²) in [5.74, 6) is 0.616. The monoisotopic (exact) mass is 375 g/mol. The molecule has 1 fully saturated rings. The van der Waals surface area contributed by atoms with Crippen molar-refractivity contribution in [2.75, 3.05) is 7.05 Å². The molecule has 3 aromatic rings. The number of fused-ring (bicyclic) bond motifs is 5. The summed E-state index contributed by atoms with van der Waals surface area (Å²) in [5.41, 5.74) is 5.46. The Morgan fingerprint density at radius 3 is 2.75 bits per heavy atom. The Hall–Kier alpha value is -2.17. The lowest BCUT2D eigenvalue weighted by Crippen LogP contribution is -2.39. The second-order valence-electron chi connectivity index (χ2n) is 9.00. The fraction of sp³-hybridized carbons (Fsp3) is 0.458. The van der Waals surface area contributed by atoms with E-state index in [2.05, 4.69) is 46.6 Å². The van der Waals surface area contributed by atoms with E-state index < -0.39 is 5.60 Å². The van der Waals surface area contributed by atoms with Gasteiger partial charge in [0.25, 0.3) is 0 Å². The summed E-state index contributed by atoms with van der Waals surface area (Å²) in [5, 5.41) is 12.8. The van der Waals surface area contributed by atoms with Crippen molar-refractivity contribution in [1.82, 2.24) is 14.5 Å². The van der Waals surface area contributed by atoms with Gasteiger partial charge in [0.05, 0.1) is 6.54 Å². The molecule has 4 nitrogen and oxygen atoms in total. The molecular weight excluding hydrogens is 346 g/mol. The maximum absolute atomic E-state index is 11.4. The van der Waals surface area contributed by atoms with Crippen LogP contribution < -0.4 is 0 Å². The van der Waals surface area contributed by atoms with Crippen LogP contribution in [0.4, 0.5) is 0 Å². The topological polar surface area (TPSA) is 41.3 Å². The van der Waals surface area contributed by atoms with E-state index in [0.717, 1.165) is 12.1 Å². The number of pyridine rings is 1. The number of aliphatic hydroxyl groups is 1. The van der Waals surface area contributed by atoms with Gasteiger partial charge in [-0.15, -0.1) is 0 Å². The van der Waals surface area contributed by atoms with Crippen LogP contribution in [0.3, 0.4) is 0 Å². The summed E-state index contributed by atoms with van der Waals surface area (Å²) in [4.78, 5) is 6.64. The number of rotatable bonds is 3. The highest BCUT2D eigenvalue weighted by atomic mass is 16.3. The number of aromatic nitrogens is 2.